The summed E-state index contributed by atoms with van der Waals surface area (Å²) in [5.74, 6) is -5.40. The highest BCUT2D eigenvalue weighted by atomic mass is 19.1. The molecule has 31 heavy (non-hydrogen) atoms. The molecule has 5 nitrogen and oxygen atoms in total. The summed E-state index contributed by atoms with van der Waals surface area (Å²) in [5, 5.41) is 2.54. The molecule has 2 amide bonds. The van der Waals surface area contributed by atoms with Crippen LogP contribution in [0.15, 0.2) is 48.4 Å². The van der Waals surface area contributed by atoms with Gasteiger partial charge < -0.3 is 19.9 Å². The molecule has 168 valence electrons. The van der Waals surface area contributed by atoms with Gasteiger partial charge in [-0.3, -0.25) is 0 Å². The summed E-state index contributed by atoms with van der Waals surface area (Å²) in [5.41, 5.74) is -0.437. The average molecular weight is 443 g/mol. The van der Waals surface area contributed by atoms with Crippen LogP contribution in [-0.2, 0) is 13.0 Å². The van der Waals surface area contributed by atoms with E-state index in [1.807, 2.05) is 11.9 Å². The van der Waals surface area contributed by atoms with Gasteiger partial charge in [0.15, 0.2) is 0 Å². The lowest BCUT2D eigenvalue weighted by molar-refractivity contribution is 0.127. The Morgan fingerprint density at radius 3 is 2.61 bits per heavy atom. The number of hydrogen-bond donors (Lipinski definition) is 1. The van der Waals surface area contributed by atoms with Crippen LogP contribution in [-0.4, -0.2) is 48.6 Å². The van der Waals surface area contributed by atoms with Crippen molar-refractivity contribution in [3.8, 4) is 5.75 Å². The highest BCUT2D eigenvalue weighted by Crippen LogP contribution is 2.19. The molecule has 1 N–H and O–H groups in total. The number of benzene rings is 2. The maximum absolute atomic E-state index is 14.2. The van der Waals surface area contributed by atoms with Gasteiger partial charge in [-0.2, -0.15) is 0 Å². The zero-order chi connectivity index (χ0) is 35.2. The molecule has 0 bridgehead atoms. The third-order valence-corrected chi connectivity index (χ3v) is 4.74. The van der Waals surface area contributed by atoms with E-state index in [-0.39, 0.29) is 12.3 Å². The van der Waals surface area contributed by atoms with E-state index in [1.165, 1.54) is 12.1 Å². The second-order valence-corrected chi connectivity index (χ2v) is 7.09. The van der Waals surface area contributed by atoms with E-state index >= 15 is 0 Å². The third kappa shape index (κ3) is 7.24. The van der Waals surface area contributed by atoms with Crippen molar-refractivity contribution in [2.24, 2.45) is 5.89 Å². The van der Waals surface area contributed by atoms with Gasteiger partial charge in [0.05, 0.1) is 17.5 Å². The summed E-state index contributed by atoms with van der Waals surface area (Å²) in [6.07, 6.45) is 0.621. The molecule has 2 aromatic rings. The van der Waals surface area contributed by atoms with E-state index in [9.17, 15) is 9.18 Å². The fraction of sp³-hybridized carbons (Fsp3) is 0.480. The Kier molecular flexibility index (Phi) is 3.72. The van der Waals surface area contributed by atoms with Crippen LogP contribution in [0, 0.1) is 11.7 Å². The first kappa shape index (κ1) is 10.3. The minimum Gasteiger partial charge on any atom is -0.493 e. The summed E-state index contributed by atoms with van der Waals surface area (Å²) < 4.78 is 138. The second-order valence-electron chi connectivity index (χ2n) is 7.09. The van der Waals surface area contributed by atoms with Gasteiger partial charge in [0, 0.05) is 28.7 Å². The summed E-state index contributed by atoms with van der Waals surface area (Å²) in [6, 6.07) is -0.781. The Morgan fingerprint density at radius 2 is 1.97 bits per heavy atom. The van der Waals surface area contributed by atoms with Crippen molar-refractivity contribution in [1.29, 1.82) is 0 Å². The Hall–Kier alpha value is -2.60. The molecule has 0 unspecified atom stereocenters. The van der Waals surface area contributed by atoms with Crippen molar-refractivity contribution in [3.05, 3.63) is 65.4 Å². The van der Waals surface area contributed by atoms with Gasteiger partial charge in [0.1, 0.15) is 11.6 Å². The van der Waals surface area contributed by atoms with Crippen LogP contribution < -0.4 is 10.1 Å². The molecule has 3 rings (SSSR count). The number of likely N-dealkylation sites (tertiary alicyclic amines) is 1. The van der Waals surface area contributed by atoms with Crippen LogP contribution in [0.5, 0.6) is 5.75 Å². The van der Waals surface area contributed by atoms with Gasteiger partial charge in [-0.25, -0.2) is 9.18 Å². The molecule has 1 fully saturated rings. The minimum absolute atomic E-state index is 0.240. The lowest BCUT2D eigenvalue weighted by atomic mass is 10.0. The lowest BCUT2D eigenvalue weighted by Gasteiger charge is -2.37. The van der Waals surface area contributed by atoms with Crippen LogP contribution in [0.25, 0.3) is 0 Å². The van der Waals surface area contributed by atoms with Crippen LogP contribution in [0.2, 0.25) is 0 Å². The Bertz CT molecular complexity index is 1380. The van der Waals surface area contributed by atoms with Crippen LogP contribution in [0.3, 0.4) is 0 Å². The number of nitrogens with zero attached hydrogens (tertiary/aromatic N) is 2. The molecule has 0 atom stereocenters. The molecule has 1 aliphatic heterocycles. The molecule has 2 aromatic carbocycles. The van der Waals surface area contributed by atoms with Crippen molar-refractivity contribution in [1.82, 2.24) is 15.1 Å². The van der Waals surface area contributed by atoms with E-state index < -0.39 is 80.3 Å². The minimum atomic E-state index is -3.64. The molecule has 1 aliphatic rings. The molecular formula is C25H34FN3O2. The first-order valence-corrected chi connectivity index (χ1v) is 9.68. The monoisotopic (exact) mass is 442 g/mol. The van der Waals surface area contributed by atoms with Gasteiger partial charge in [-0.1, -0.05) is 37.9 Å². The number of urea groups is 1. The topological polar surface area (TPSA) is 44.8 Å². The summed E-state index contributed by atoms with van der Waals surface area (Å²) in [7, 11) is 1.84. The highest BCUT2D eigenvalue weighted by molar-refractivity contribution is 5.74. The van der Waals surface area contributed by atoms with Gasteiger partial charge >= 0.3 is 6.03 Å². The van der Waals surface area contributed by atoms with Crippen molar-refractivity contribution < 1.29 is 34.5 Å². The molecular weight excluding hydrogens is 393 g/mol. The quantitative estimate of drug-likeness (QED) is 0.646. The molecule has 1 heterocycles. The summed E-state index contributed by atoms with van der Waals surface area (Å²) >= 11 is 0. The molecule has 0 aliphatic carbocycles. The first-order valence-electron chi connectivity index (χ1n) is 17.2. The number of carbonyl (C=O) groups excluding carboxylic acids is 1. The lowest BCUT2D eigenvalue weighted by Crippen LogP contribution is -2.49. The maximum Gasteiger partial charge on any atom is 0.318 e. The molecule has 0 aromatic heterocycles. The van der Waals surface area contributed by atoms with E-state index in [1.54, 1.807) is 0 Å². The number of halogens is 1. The molecule has 0 spiro atoms. The first-order chi connectivity index (χ1) is 20.9. The summed E-state index contributed by atoms with van der Waals surface area (Å²) in [6.45, 7) is -12.8. The number of carbonyl (C=O) groups is 1. The number of amides is 2. The van der Waals surface area contributed by atoms with E-state index in [4.69, 9.17) is 25.3 Å². The smallest absolute Gasteiger partial charge is 0.318 e. The third-order valence-electron chi connectivity index (χ3n) is 4.74. The van der Waals surface area contributed by atoms with Gasteiger partial charge in [0.2, 0.25) is 0 Å². The van der Waals surface area contributed by atoms with Gasteiger partial charge in [0.25, 0.3) is 0 Å². The zero-order valence-electron chi connectivity index (χ0n) is 32.0. The highest BCUT2D eigenvalue weighted by Gasteiger charge is 2.27. The molecule has 0 saturated carbocycles. The maximum atomic E-state index is 14.2. The SMILES string of the molecule is [2H]c1c([2H])c(C([2H])([2H])N(C(=O)NCc2ccc(OC([2H])([2H])C([2H])(C([2H])([2H])[2H])C([2H])([2H])[2H])cc2)C2CCN(C)CC2)c([2H])c([2H])c1F. The van der Waals surface area contributed by atoms with E-state index in [2.05, 4.69) is 5.32 Å². The fourth-order valence-corrected chi connectivity index (χ4v) is 3.08. The number of ether oxygens (including phenoxy) is 1. The number of piperidine rings is 1. The predicted octanol–water partition coefficient (Wildman–Crippen LogP) is 4.67. The van der Waals surface area contributed by atoms with Crippen molar-refractivity contribution in [2.45, 2.75) is 45.6 Å². The number of hydrogen-bond acceptors (Lipinski definition) is 3. The van der Waals surface area contributed by atoms with Crippen LogP contribution in [0.1, 0.15) is 58.2 Å². The van der Waals surface area contributed by atoms with Crippen LogP contribution in [0.4, 0.5) is 9.18 Å². The second kappa shape index (κ2) is 11.1. The Labute approximate surface area is 206 Å². The summed E-state index contributed by atoms with van der Waals surface area (Å²) in [4.78, 5) is 16.4. The normalized spacial score (nSPS) is 24.3. The largest absolute Gasteiger partial charge is 0.493 e. The Morgan fingerprint density at radius 1 is 1.29 bits per heavy atom. The fourth-order valence-electron chi connectivity index (χ4n) is 3.08. The number of nitrogens with one attached hydrogen (secondary N) is 1. The van der Waals surface area contributed by atoms with E-state index in [0.29, 0.717) is 31.5 Å². The standard InChI is InChI=1S/C25H34FN3O2/c1-19(2)18-31-24-10-6-20(7-11-24)16-27-25(30)29(23-12-14-28(3)15-13-23)17-21-4-8-22(26)9-5-21/h4-11,19,23H,12-18H2,1-3H3,(H,27,30)/i1D3,2D3,4D,5D,8D,9D,17D2,18D2,19D. The molecule has 6 heteroatoms. The van der Waals surface area contributed by atoms with E-state index in [0.717, 1.165) is 17.0 Å². The van der Waals surface area contributed by atoms with Gasteiger partial charge in [-0.15, -0.1) is 0 Å². The zero-order valence-corrected chi connectivity index (χ0v) is 17.0. The predicted molar refractivity (Wildman–Crippen MR) is 121 cm³/mol. The van der Waals surface area contributed by atoms with Crippen molar-refractivity contribution in [3.63, 3.8) is 0 Å². The Balaban J connectivity index is 1.88. The van der Waals surface area contributed by atoms with Crippen LogP contribution >= 0.6 is 0 Å². The number of rotatable bonds is 8. The molecule has 1 saturated heterocycles. The molecule has 0 radical (unpaired) electrons. The average Bonchev–Trinajstić information content (AvgIpc) is 2.93. The van der Waals surface area contributed by atoms with Crippen molar-refractivity contribution >= 4 is 6.03 Å². The van der Waals surface area contributed by atoms with Gasteiger partial charge in [-0.05, 0) is 74.2 Å². The van der Waals surface area contributed by atoms with Crippen molar-refractivity contribution in [2.75, 3.05) is 26.7 Å².